The van der Waals surface area contributed by atoms with Crippen molar-refractivity contribution in [2.24, 2.45) is 0 Å². The molecule has 0 bridgehead atoms. The van der Waals surface area contributed by atoms with Gasteiger partial charge in [0.2, 0.25) is 0 Å². The van der Waals surface area contributed by atoms with Crippen LogP contribution < -0.4 is 10.6 Å². The topological polar surface area (TPSA) is 41.1 Å². The lowest BCUT2D eigenvalue weighted by atomic mass is 10.1. The first-order valence-corrected chi connectivity index (χ1v) is 7.50. The summed E-state index contributed by atoms with van der Waals surface area (Å²) >= 11 is 1.93. The highest BCUT2D eigenvalue weighted by molar-refractivity contribution is 14.1. The van der Waals surface area contributed by atoms with Crippen LogP contribution in [0.2, 0.25) is 0 Å². The number of carbonyl (C=O) groups excluding carboxylic acids is 1. The minimum atomic E-state index is -1.23. The van der Waals surface area contributed by atoms with Crippen molar-refractivity contribution >= 4 is 39.9 Å². The van der Waals surface area contributed by atoms with Gasteiger partial charge in [-0.2, -0.15) is 0 Å². The lowest BCUT2D eigenvalue weighted by Crippen LogP contribution is -2.24. The number of benzene rings is 2. The fourth-order valence-corrected chi connectivity index (χ4v) is 2.30. The monoisotopic (exact) mass is 420 g/mol. The van der Waals surface area contributed by atoms with Gasteiger partial charge in [0, 0.05) is 10.1 Å². The largest absolute Gasteiger partial charge is 0.352 e. The Morgan fingerprint density at radius 1 is 1.14 bits per heavy atom. The van der Waals surface area contributed by atoms with E-state index in [0.717, 1.165) is 12.1 Å². The number of nitrogens with one attached hydrogen (secondary N) is 2. The summed E-state index contributed by atoms with van der Waals surface area (Å²) in [5.74, 6) is -3.56. The molecule has 116 valence electrons. The Bertz CT molecular complexity index is 722. The molecule has 2 N–H and O–H groups in total. The van der Waals surface area contributed by atoms with Gasteiger partial charge in [-0.05, 0) is 59.8 Å². The number of hydrogen-bond acceptors (Lipinski definition) is 2. The summed E-state index contributed by atoms with van der Waals surface area (Å²) in [6.07, 6.45) is 0. The van der Waals surface area contributed by atoms with Gasteiger partial charge in [0.1, 0.15) is 5.82 Å². The Morgan fingerprint density at radius 3 is 2.50 bits per heavy atom. The van der Waals surface area contributed by atoms with E-state index < -0.39 is 29.0 Å². The summed E-state index contributed by atoms with van der Waals surface area (Å²) in [7, 11) is 0. The van der Waals surface area contributed by atoms with E-state index in [-0.39, 0.29) is 11.3 Å². The number of anilines is 2. The Morgan fingerprint density at radius 2 is 1.86 bits per heavy atom. The molecule has 0 aliphatic carbocycles. The van der Waals surface area contributed by atoms with Gasteiger partial charge in [0.25, 0.3) is 5.91 Å². The van der Waals surface area contributed by atoms with Gasteiger partial charge in [-0.25, -0.2) is 13.2 Å². The molecule has 1 amide bonds. The number of rotatable bonds is 4. The van der Waals surface area contributed by atoms with Crippen LogP contribution in [0, 0.1) is 21.0 Å². The van der Waals surface area contributed by atoms with Crippen molar-refractivity contribution in [3.63, 3.8) is 0 Å². The van der Waals surface area contributed by atoms with E-state index in [1.807, 2.05) is 22.6 Å². The highest BCUT2D eigenvalue weighted by Gasteiger charge is 2.19. The highest BCUT2D eigenvalue weighted by Crippen LogP contribution is 2.28. The summed E-state index contributed by atoms with van der Waals surface area (Å²) < 4.78 is 42.0. The predicted molar refractivity (Wildman–Crippen MR) is 86.8 cm³/mol. The third-order valence-corrected chi connectivity index (χ3v) is 3.54. The minimum Gasteiger partial charge on any atom is -0.352 e. The summed E-state index contributed by atoms with van der Waals surface area (Å²) in [5, 5.41) is 4.96. The van der Waals surface area contributed by atoms with Crippen molar-refractivity contribution in [2.45, 2.75) is 6.92 Å². The molecule has 7 heteroatoms. The third kappa shape index (κ3) is 3.52. The molecule has 0 fully saturated rings. The van der Waals surface area contributed by atoms with Gasteiger partial charge < -0.3 is 10.6 Å². The number of carbonyl (C=O) groups is 1. The molecule has 0 aliphatic heterocycles. The molecule has 3 nitrogen and oxygen atoms in total. The Hall–Kier alpha value is -1.77. The Labute approximate surface area is 139 Å². The molecule has 0 unspecified atom stereocenters. The van der Waals surface area contributed by atoms with Crippen LogP contribution in [0.3, 0.4) is 0 Å². The van der Waals surface area contributed by atoms with Gasteiger partial charge in [-0.15, -0.1) is 0 Å². The number of amides is 1. The maximum atomic E-state index is 14.0. The third-order valence-electron chi connectivity index (χ3n) is 2.87. The lowest BCUT2D eigenvalue weighted by molar-refractivity contribution is 0.0956. The second kappa shape index (κ2) is 6.99. The average molecular weight is 420 g/mol. The first kappa shape index (κ1) is 16.6. The summed E-state index contributed by atoms with van der Waals surface area (Å²) in [4.78, 5) is 11.9. The zero-order chi connectivity index (χ0) is 16.3. The lowest BCUT2D eigenvalue weighted by Gasteiger charge is -2.14. The van der Waals surface area contributed by atoms with Gasteiger partial charge in [-0.1, -0.05) is 0 Å². The smallest absolute Gasteiger partial charge is 0.253 e. The zero-order valence-corrected chi connectivity index (χ0v) is 13.7. The molecule has 22 heavy (non-hydrogen) atoms. The van der Waals surface area contributed by atoms with Gasteiger partial charge in [0.05, 0.1) is 16.9 Å². The molecular formula is C15H12F3IN2O. The minimum absolute atomic E-state index is 0.0459. The Balaban J connectivity index is 2.48. The zero-order valence-electron chi connectivity index (χ0n) is 11.5. The van der Waals surface area contributed by atoms with Crippen molar-refractivity contribution in [3.05, 3.63) is 56.9 Å². The van der Waals surface area contributed by atoms with Crippen molar-refractivity contribution < 1.29 is 18.0 Å². The van der Waals surface area contributed by atoms with Crippen LogP contribution in [0.5, 0.6) is 0 Å². The average Bonchev–Trinajstić information content (AvgIpc) is 2.46. The Kier molecular flexibility index (Phi) is 5.28. The molecule has 0 saturated heterocycles. The van der Waals surface area contributed by atoms with E-state index in [0.29, 0.717) is 10.1 Å². The van der Waals surface area contributed by atoms with E-state index >= 15 is 0 Å². The van der Waals surface area contributed by atoms with Gasteiger partial charge in [-0.3, -0.25) is 4.79 Å². The van der Waals surface area contributed by atoms with Crippen molar-refractivity contribution in [3.8, 4) is 0 Å². The highest BCUT2D eigenvalue weighted by atomic mass is 127. The van der Waals surface area contributed by atoms with Crippen LogP contribution in [-0.2, 0) is 0 Å². The maximum Gasteiger partial charge on any atom is 0.253 e. The maximum absolute atomic E-state index is 14.0. The van der Waals surface area contributed by atoms with E-state index in [1.54, 1.807) is 13.0 Å². The molecule has 0 radical (unpaired) electrons. The first-order valence-electron chi connectivity index (χ1n) is 6.42. The molecular weight excluding hydrogens is 408 g/mol. The molecule has 0 aromatic heterocycles. The van der Waals surface area contributed by atoms with Crippen LogP contribution in [0.25, 0.3) is 0 Å². The molecule has 0 saturated carbocycles. The molecule has 2 rings (SSSR count). The van der Waals surface area contributed by atoms with E-state index in [2.05, 4.69) is 10.6 Å². The van der Waals surface area contributed by atoms with E-state index in [9.17, 15) is 18.0 Å². The predicted octanol–water partition coefficient (Wildman–Crippen LogP) is 4.20. The van der Waals surface area contributed by atoms with E-state index in [4.69, 9.17) is 0 Å². The van der Waals surface area contributed by atoms with E-state index in [1.165, 1.54) is 12.1 Å². The van der Waals surface area contributed by atoms with Crippen LogP contribution in [-0.4, -0.2) is 12.5 Å². The molecule has 0 spiro atoms. The molecule has 0 atom stereocenters. The molecule has 0 heterocycles. The summed E-state index contributed by atoms with van der Waals surface area (Å²) in [6, 6.07) is 6.25. The number of hydrogen-bond donors (Lipinski definition) is 2. The number of halogens is 4. The normalized spacial score (nSPS) is 10.4. The second-order valence-corrected chi connectivity index (χ2v) is 5.64. The molecule has 2 aromatic carbocycles. The van der Waals surface area contributed by atoms with Crippen molar-refractivity contribution in [1.29, 1.82) is 0 Å². The second-order valence-electron chi connectivity index (χ2n) is 4.39. The van der Waals surface area contributed by atoms with Crippen LogP contribution >= 0.6 is 22.6 Å². The van der Waals surface area contributed by atoms with Crippen LogP contribution in [0.1, 0.15) is 17.3 Å². The van der Waals surface area contributed by atoms with Gasteiger partial charge >= 0.3 is 0 Å². The summed E-state index contributed by atoms with van der Waals surface area (Å²) in [6.45, 7) is 2.03. The standard InChI is InChI=1S/C15H12F3IN2O/c1-2-20-15(22)9-4-5-10(16)13(18)14(9)21-12-6-3-8(19)7-11(12)17/h3-7,21H,2H2,1H3,(H,20,22). The van der Waals surface area contributed by atoms with Crippen LogP contribution in [0.4, 0.5) is 24.5 Å². The molecule has 2 aromatic rings. The SMILES string of the molecule is CCNC(=O)c1ccc(F)c(F)c1Nc1ccc(I)cc1F. The fourth-order valence-electron chi connectivity index (χ4n) is 1.84. The summed E-state index contributed by atoms with van der Waals surface area (Å²) in [5.41, 5.74) is -0.541. The van der Waals surface area contributed by atoms with Crippen molar-refractivity contribution in [1.82, 2.24) is 5.32 Å². The molecule has 0 aliphatic rings. The quantitative estimate of drug-likeness (QED) is 0.729. The van der Waals surface area contributed by atoms with Crippen molar-refractivity contribution in [2.75, 3.05) is 11.9 Å². The first-order chi connectivity index (χ1) is 10.4. The fraction of sp³-hybridized carbons (Fsp3) is 0.133. The van der Waals surface area contributed by atoms with Gasteiger partial charge in [0.15, 0.2) is 11.6 Å². The van der Waals surface area contributed by atoms with Crippen LogP contribution in [0.15, 0.2) is 30.3 Å².